The summed E-state index contributed by atoms with van der Waals surface area (Å²) < 4.78 is 54.8. The highest BCUT2D eigenvalue weighted by Crippen LogP contribution is 2.31. The molecule has 1 aliphatic rings. The van der Waals surface area contributed by atoms with Gasteiger partial charge in [-0.3, -0.25) is 0 Å². The lowest BCUT2D eigenvalue weighted by molar-refractivity contribution is 0.567. The maximum atomic E-state index is 13.5. The molecule has 0 saturated carbocycles. The standard InChI is InChI=1S/C19H18F2N2O2S/c1-23-18-3-2-14(11-17(18)16-4-6-22-7-5-19(16)23)26(24,25)15-9-12(20)8-13(21)10-15/h2-3,8-11,22H,4-7H2,1H3. The number of nitrogens with one attached hydrogen (secondary N) is 1. The minimum Gasteiger partial charge on any atom is -0.347 e. The Hall–Kier alpha value is -2.25. The molecular weight excluding hydrogens is 358 g/mol. The molecule has 0 unspecified atom stereocenters. The van der Waals surface area contributed by atoms with Gasteiger partial charge in [0.25, 0.3) is 0 Å². The molecule has 0 amide bonds. The highest BCUT2D eigenvalue weighted by Gasteiger charge is 2.23. The maximum Gasteiger partial charge on any atom is 0.206 e. The van der Waals surface area contributed by atoms with Crippen LogP contribution >= 0.6 is 0 Å². The number of halogens is 2. The summed E-state index contributed by atoms with van der Waals surface area (Å²) in [6.45, 7) is 1.71. The summed E-state index contributed by atoms with van der Waals surface area (Å²) in [6.07, 6.45) is 1.68. The van der Waals surface area contributed by atoms with E-state index in [0.29, 0.717) is 6.07 Å². The largest absolute Gasteiger partial charge is 0.347 e. The van der Waals surface area contributed by atoms with Crippen LogP contribution in [0.15, 0.2) is 46.2 Å². The summed E-state index contributed by atoms with van der Waals surface area (Å²) in [7, 11) is -2.03. The molecule has 0 aliphatic carbocycles. The number of sulfone groups is 1. The van der Waals surface area contributed by atoms with E-state index >= 15 is 0 Å². The first kappa shape index (κ1) is 17.2. The zero-order valence-electron chi connectivity index (χ0n) is 14.2. The van der Waals surface area contributed by atoms with Crippen LogP contribution in [-0.4, -0.2) is 26.1 Å². The zero-order valence-corrected chi connectivity index (χ0v) is 15.0. The van der Waals surface area contributed by atoms with Crippen molar-refractivity contribution in [3.8, 4) is 0 Å². The van der Waals surface area contributed by atoms with Gasteiger partial charge in [0, 0.05) is 42.7 Å². The molecule has 0 bridgehead atoms. The lowest BCUT2D eigenvalue weighted by atomic mass is 10.1. The summed E-state index contributed by atoms with van der Waals surface area (Å²) in [5.74, 6) is -1.83. The van der Waals surface area contributed by atoms with Crippen molar-refractivity contribution < 1.29 is 17.2 Å². The molecule has 4 nitrogen and oxygen atoms in total. The van der Waals surface area contributed by atoms with E-state index in [1.165, 1.54) is 11.8 Å². The van der Waals surface area contributed by atoms with Crippen LogP contribution in [0.4, 0.5) is 8.78 Å². The molecular formula is C19H18F2N2O2S. The van der Waals surface area contributed by atoms with Crippen LogP contribution in [0.3, 0.4) is 0 Å². The molecule has 3 aromatic rings. The fourth-order valence-corrected chi connectivity index (χ4v) is 5.01. The lowest BCUT2D eigenvalue weighted by Crippen LogP contribution is -2.17. The van der Waals surface area contributed by atoms with Gasteiger partial charge >= 0.3 is 0 Å². The highest BCUT2D eigenvalue weighted by molar-refractivity contribution is 7.91. The third kappa shape index (κ3) is 2.71. The second-order valence-corrected chi connectivity index (χ2v) is 8.47. The van der Waals surface area contributed by atoms with Crippen molar-refractivity contribution in [3.63, 3.8) is 0 Å². The molecule has 0 fully saturated rings. The number of hydrogen-bond donors (Lipinski definition) is 1. The fraction of sp³-hybridized carbons (Fsp3) is 0.263. The summed E-state index contributed by atoms with van der Waals surface area (Å²) >= 11 is 0. The van der Waals surface area contributed by atoms with Gasteiger partial charge in [-0.15, -0.1) is 0 Å². The summed E-state index contributed by atoms with van der Waals surface area (Å²) in [5.41, 5.74) is 3.28. The number of rotatable bonds is 2. The molecule has 1 aliphatic heterocycles. The highest BCUT2D eigenvalue weighted by atomic mass is 32.2. The third-order valence-corrected chi connectivity index (χ3v) is 6.69. The molecule has 4 rings (SSSR count). The third-order valence-electron chi connectivity index (χ3n) is 4.95. The molecule has 0 atom stereocenters. The van der Waals surface area contributed by atoms with Crippen molar-refractivity contribution >= 4 is 20.7 Å². The fourth-order valence-electron chi connectivity index (χ4n) is 3.68. The predicted octanol–water partition coefficient (Wildman–Crippen LogP) is 2.98. The summed E-state index contributed by atoms with van der Waals surface area (Å²) in [4.78, 5) is -0.335. The van der Waals surface area contributed by atoms with Crippen LogP contribution in [-0.2, 0) is 29.7 Å². The topological polar surface area (TPSA) is 51.1 Å². The first-order valence-corrected chi connectivity index (χ1v) is 9.88. The van der Waals surface area contributed by atoms with Gasteiger partial charge < -0.3 is 9.88 Å². The molecule has 7 heteroatoms. The van der Waals surface area contributed by atoms with Crippen molar-refractivity contribution in [2.45, 2.75) is 22.6 Å². The Morgan fingerprint density at radius 3 is 2.38 bits per heavy atom. The Morgan fingerprint density at radius 2 is 1.65 bits per heavy atom. The molecule has 1 aromatic heterocycles. The van der Waals surface area contributed by atoms with Crippen molar-refractivity contribution in [2.75, 3.05) is 13.1 Å². The maximum absolute atomic E-state index is 13.5. The monoisotopic (exact) mass is 376 g/mol. The average molecular weight is 376 g/mol. The first-order chi connectivity index (χ1) is 12.4. The minimum absolute atomic E-state index is 0.0422. The van der Waals surface area contributed by atoms with E-state index in [-0.39, 0.29) is 9.79 Å². The van der Waals surface area contributed by atoms with Gasteiger partial charge in [-0.25, -0.2) is 17.2 Å². The lowest BCUT2D eigenvalue weighted by Gasteiger charge is -2.07. The van der Waals surface area contributed by atoms with Gasteiger partial charge in [0.15, 0.2) is 0 Å². The van der Waals surface area contributed by atoms with Gasteiger partial charge in [-0.1, -0.05) is 0 Å². The van der Waals surface area contributed by atoms with E-state index in [2.05, 4.69) is 9.88 Å². The van der Waals surface area contributed by atoms with E-state index in [1.54, 1.807) is 12.1 Å². The van der Waals surface area contributed by atoms with Gasteiger partial charge in [-0.2, -0.15) is 0 Å². The van der Waals surface area contributed by atoms with Crippen molar-refractivity contribution in [1.29, 1.82) is 0 Å². The quantitative estimate of drug-likeness (QED) is 0.748. The van der Waals surface area contributed by atoms with Gasteiger partial charge in [0.2, 0.25) is 9.84 Å². The van der Waals surface area contributed by atoms with Crippen LogP contribution in [0.1, 0.15) is 11.3 Å². The van der Waals surface area contributed by atoms with Gasteiger partial charge in [0.05, 0.1) is 9.79 Å². The number of aryl methyl sites for hydroxylation is 1. The van der Waals surface area contributed by atoms with Crippen LogP contribution < -0.4 is 5.32 Å². The normalized spacial score (nSPS) is 15.0. The van der Waals surface area contributed by atoms with E-state index in [0.717, 1.165) is 54.5 Å². The Kier molecular flexibility index (Phi) is 4.08. The van der Waals surface area contributed by atoms with Crippen molar-refractivity contribution in [3.05, 3.63) is 59.3 Å². The van der Waals surface area contributed by atoms with Crippen LogP contribution in [0.5, 0.6) is 0 Å². The average Bonchev–Trinajstić information content (AvgIpc) is 2.77. The molecule has 26 heavy (non-hydrogen) atoms. The molecule has 2 aromatic carbocycles. The van der Waals surface area contributed by atoms with E-state index < -0.39 is 21.5 Å². The number of nitrogens with zero attached hydrogens (tertiary/aromatic N) is 1. The predicted molar refractivity (Wildman–Crippen MR) is 95.0 cm³/mol. The molecule has 0 radical (unpaired) electrons. The number of benzene rings is 2. The van der Waals surface area contributed by atoms with Crippen LogP contribution in [0.25, 0.3) is 10.9 Å². The SMILES string of the molecule is Cn1c2c(c3cc(S(=O)(=O)c4cc(F)cc(F)c4)ccc31)CCNCC2. The molecule has 0 saturated heterocycles. The number of aromatic nitrogens is 1. The Labute approximate surface area is 150 Å². The van der Waals surface area contributed by atoms with Gasteiger partial charge in [-0.05, 0) is 48.9 Å². The van der Waals surface area contributed by atoms with E-state index in [9.17, 15) is 17.2 Å². The molecule has 2 heterocycles. The summed E-state index contributed by atoms with van der Waals surface area (Å²) in [5, 5.41) is 4.22. The minimum atomic E-state index is -4.01. The smallest absolute Gasteiger partial charge is 0.206 e. The Morgan fingerprint density at radius 1 is 0.962 bits per heavy atom. The van der Waals surface area contributed by atoms with Crippen molar-refractivity contribution in [1.82, 2.24) is 9.88 Å². The molecule has 1 N–H and O–H groups in total. The second-order valence-electron chi connectivity index (χ2n) is 6.52. The Balaban J connectivity index is 1.91. The zero-order chi connectivity index (χ0) is 18.5. The van der Waals surface area contributed by atoms with E-state index in [1.807, 2.05) is 7.05 Å². The van der Waals surface area contributed by atoms with Crippen LogP contribution in [0, 0.1) is 11.6 Å². The van der Waals surface area contributed by atoms with Crippen molar-refractivity contribution in [2.24, 2.45) is 7.05 Å². The molecule has 136 valence electrons. The second kappa shape index (κ2) is 6.17. The van der Waals surface area contributed by atoms with E-state index in [4.69, 9.17) is 0 Å². The van der Waals surface area contributed by atoms with Gasteiger partial charge in [0.1, 0.15) is 11.6 Å². The summed E-state index contributed by atoms with van der Waals surface area (Å²) in [6, 6.07) is 7.23. The molecule has 0 spiro atoms. The first-order valence-electron chi connectivity index (χ1n) is 8.40. The number of hydrogen-bond acceptors (Lipinski definition) is 3. The Bertz CT molecular complexity index is 1100. The number of fused-ring (bicyclic) bond motifs is 3. The van der Waals surface area contributed by atoms with Crippen LogP contribution in [0.2, 0.25) is 0 Å².